The van der Waals surface area contributed by atoms with Crippen LogP contribution in [0.5, 0.6) is 0 Å². The summed E-state index contributed by atoms with van der Waals surface area (Å²) in [4.78, 5) is 11.8. The van der Waals surface area contributed by atoms with E-state index in [2.05, 4.69) is 14.9 Å². The molecule has 1 heterocycles. The predicted molar refractivity (Wildman–Crippen MR) is 90.1 cm³/mol. The molecule has 0 spiro atoms. The summed E-state index contributed by atoms with van der Waals surface area (Å²) in [6.07, 6.45) is 0. The highest BCUT2D eigenvalue weighted by Crippen LogP contribution is 2.25. The molecule has 3 N–H and O–H groups in total. The number of nitrogens with zero attached hydrogens (tertiary/aromatic N) is 1. The molecule has 1 aromatic heterocycles. The maximum atomic E-state index is 11.8. The molecule has 3 rings (SSSR count). The summed E-state index contributed by atoms with van der Waals surface area (Å²) >= 11 is -2.06. The summed E-state index contributed by atoms with van der Waals surface area (Å²) < 4.78 is 22.2. The second-order valence-electron chi connectivity index (χ2n) is 5.16. The first-order chi connectivity index (χ1) is 11.1. The quantitative estimate of drug-likeness (QED) is 0.640. The molecule has 2 aromatic carbocycles. The summed E-state index contributed by atoms with van der Waals surface area (Å²) in [6.45, 7) is 1.80. The van der Waals surface area contributed by atoms with Gasteiger partial charge in [0, 0.05) is 17.0 Å². The Morgan fingerprint density at radius 3 is 2.43 bits per heavy atom. The lowest BCUT2D eigenvalue weighted by molar-refractivity contribution is 0.536. The monoisotopic (exact) mass is 329 g/mol. The molecule has 0 bridgehead atoms. The Morgan fingerprint density at radius 2 is 1.78 bits per heavy atom. The topological polar surface area (TPSA) is 95.1 Å². The molecule has 0 aliphatic carbocycles. The van der Waals surface area contributed by atoms with Gasteiger partial charge in [0.1, 0.15) is 0 Å². The van der Waals surface area contributed by atoms with Crippen LogP contribution in [-0.2, 0) is 11.3 Å². The predicted octanol–water partition coefficient (Wildman–Crippen LogP) is 2.38. The molecule has 0 saturated heterocycles. The molecule has 0 fully saturated rings. The van der Waals surface area contributed by atoms with Crippen molar-refractivity contribution >= 4 is 22.0 Å². The Bertz CT molecular complexity index is 922. The van der Waals surface area contributed by atoms with Gasteiger partial charge in [-0.1, -0.05) is 42.5 Å². The molecule has 0 aliphatic rings. The standard InChI is InChI=1S/C16H15N3O3S/c1-10(19-23(21)22)11-6-8-12(9-7-11)15-13-4-2-3-5-14(13)16(20)18-17-15/h2-10,19H,1H3,(H,18,20)(H,21,22)/t10-/m1/s1. The summed E-state index contributed by atoms with van der Waals surface area (Å²) in [7, 11) is 0. The van der Waals surface area contributed by atoms with E-state index >= 15 is 0 Å². The summed E-state index contributed by atoms with van der Waals surface area (Å²) in [5.41, 5.74) is 2.21. The van der Waals surface area contributed by atoms with Crippen molar-refractivity contribution in [3.8, 4) is 11.3 Å². The van der Waals surface area contributed by atoms with Crippen molar-refractivity contribution in [2.45, 2.75) is 13.0 Å². The highest BCUT2D eigenvalue weighted by molar-refractivity contribution is 7.77. The van der Waals surface area contributed by atoms with Gasteiger partial charge in [-0.2, -0.15) is 5.10 Å². The van der Waals surface area contributed by atoms with Crippen molar-refractivity contribution < 1.29 is 8.76 Å². The van der Waals surface area contributed by atoms with Crippen LogP contribution < -0.4 is 10.3 Å². The van der Waals surface area contributed by atoms with Crippen LogP contribution in [0.4, 0.5) is 0 Å². The molecule has 6 nitrogen and oxygen atoms in total. The number of hydrogen-bond acceptors (Lipinski definition) is 3. The van der Waals surface area contributed by atoms with E-state index in [0.29, 0.717) is 11.1 Å². The van der Waals surface area contributed by atoms with Crippen molar-refractivity contribution in [1.29, 1.82) is 0 Å². The molecule has 3 aromatic rings. The number of hydrogen-bond donors (Lipinski definition) is 3. The molecule has 2 atom stereocenters. The largest absolute Gasteiger partial charge is 0.294 e. The van der Waals surface area contributed by atoms with E-state index in [1.54, 1.807) is 13.0 Å². The highest BCUT2D eigenvalue weighted by Gasteiger charge is 2.10. The summed E-state index contributed by atoms with van der Waals surface area (Å²) in [5, 5.41) is 8.05. The number of H-pyrrole nitrogens is 1. The smallest absolute Gasteiger partial charge is 0.272 e. The first-order valence-electron chi connectivity index (χ1n) is 7.01. The van der Waals surface area contributed by atoms with E-state index in [9.17, 15) is 9.00 Å². The minimum atomic E-state index is -2.06. The highest BCUT2D eigenvalue weighted by atomic mass is 32.2. The van der Waals surface area contributed by atoms with Crippen LogP contribution in [0.2, 0.25) is 0 Å². The average molecular weight is 329 g/mol. The summed E-state index contributed by atoms with van der Waals surface area (Å²) in [6, 6.07) is 14.5. The molecular formula is C16H15N3O3S. The third kappa shape index (κ3) is 3.21. The van der Waals surface area contributed by atoms with Crippen molar-refractivity contribution in [2.24, 2.45) is 0 Å². The molecular weight excluding hydrogens is 314 g/mol. The minimum Gasteiger partial charge on any atom is -0.294 e. The Balaban J connectivity index is 2.02. The van der Waals surface area contributed by atoms with Crippen molar-refractivity contribution in [3.05, 3.63) is 64.4 Å². The van der Waals surface area contributed by atoms with Crippen LogP contribution >= 0.6 is 0 Å². The minimum absolute atomic E-state index is 0.218. The van der Waals surface area contributed by atoms with Gasteiger partial charge in [-0.3, -0.25) is 9.35 Å². The van der Waals surface area contributed by atoms with Crippen molar-refractivity contribution in [2.75, 3.05) is 0 Å². The lowest BCUT2D eigenvalue weighted by Gasteiger charge is -2.12. The molecule has 118 valence electrons. The number of benzene rings is 2. The molecule has 1 unspecified atom stereocenters. The average Bonchev–Trinajstić information content (AvgIpc) is 2.55. The van der Waals surface area contributed by atoms with Gasteiger partial charge in [0.25, 0.3) is 5.56 Å². The van der Waals surface area contributed by atoms with Crippen LogP contribution in [0, 0.1) is 0 Å². The summed E-state index contributed by atoms with van der Waals surface area (Å²) in [5.74, 6) is 0. The number of fused-ring (bicyclic) bond motifs is 1. The second kappa shape index (κ2) is 6.41. The van der Waals surface area contributed by atoms with Gasteiger partial charge in [-0.25, -0.2) is 14.0 Å². The molecule has 0 radical (unpaired) electrons. The fraction of sp³-hybridized carbons (Fsp3) is 0.125. The van der Waals surface area contributed by atoms with Gasteiger partial charge in [-0.05, 0) is 18.6 Å². The van der Waals surface area contributed by atoms with Gasteiger partial charge in [0.05, 0.1) is 11.1 Å². The molecule has 23 heavy (non-hydrogen) atoms. The number of rotatable bonds is 4. The van der Waals surface area contributed by atoms with E-state index < -0.39 is 11.3 Å². The SMILES string of the molecule is C[C@@H](NS(=O)O)c1ccc(-c2n[nH]c(=O)c3ccccc23)cc1. The molecule has 0 aliphatic heterocycles. The number of aromatic amines is 1. The Morgan fingerprint density at radius 1 is 1.13 bits per heavy atom. The van der Waals surface area contributed by atoms with E-state index in [1.807, 2.05) is 42.5 Å². The zero-order chi connectivity index (χ0) is 16.4. The lowest BCUT2D eigenvalue weighted by atomic mass is 10.0. The van der Waals surface area contributed by atoms with Crippen molar-refractivity contribution in [3.63, 3.8) is 0 Å². The fourth-order valence-corrected chi connectivity index (χ4v) is 2.92. The van der Waals surface area contributed by atoms with Gasteiger partial charge in [0.15, 0.2) is 0 Å². The van der Waals surface area contributed by atoms with Gasteiger partial charge >= 0.3 is 0 Å². The van der Waals surface area contributed by atoms with Crippen LogP contribution in [0.15, 0.2) is 53.3 Å². The molecule has 0 saturated carbocycles. The van der Waals surface area contributed by atoms with E-state index in [1.165, 1.54) is 0 Å². The zero-order valence-corrected chi connectivity index (χ0v) is 13.1. The van der Waals surface area contributed by atoms with Gasteiger partial charge < -0.3 is 0 Å². The Kier molecular flexibility index (Phi) is 4.33. The third-order valence-electron chi connectivity index (χ3n) is 3.66. The molecule has 0 amide bonds. The van der Waals surface area contributed by atoms with E-state index in [0.717, 1.165) is 16.5 Å². The van der Waals surface area contributed by atoms with Crippen LogP contribution in [0.25, 0.3) is 22.0 Å². The Hall–Kier alpha value is -2.35. The first-order valence-corrected chi connectivity index (χ1v) is 8.11. The van der Waals surface area contributed by atoms with Gasteiger partial charge in [-0.15, -0.1) is 0 Å². The van der Waals surface area contributed by atoms with E-state index in [4.69, 9.17) is 4.55 Å². The number of nitrogens with one attached hydrogen (secondary N) is 2. The third-order valence-corrected chi connectivity index (χ3v) is 4.21. The zero-order valence-electron chi connectivity index (χ0n) is 12.3. The maximum Gasteiger partial charge on any atom is 0.272 e. The Labute approximate surface area is 135 Å². The van der Waals surface area contributed by atoms with Gasteiger partial charge in [0.2, 0.25) is 11.3 Å². The normalized spacial score (nSPS) is 13.8. The fourth-order valence-electron chi connectivity index (χ4n) is 2.48. The van der Waals surface area contributed by atoms with Crippen LogP contribution in [0.1, 0.15) is 18.5 Å². The molecule has 7 heteroatoms. The van der Waals surface area contributed by atoms with E-state index in [-0.39, 0.29) is 11.6 Å². The lowest BCUT2D eigenvalue weighted by Crippen LogP contribution is -2.20. The maximum absolute atomic E-state index is 11.8. The van der Waals surface area contributed by atoms with Crippen molar-refractivity contribution in [1.82, 2.24) is 14.9 Å². The second-order valence-corrected chi connectivity index (χ2v) is 5.89. The number of aromatic nitrogens is 2. The first kappa shape index (κ1) is 15.5. The van der Waals surface area contributed by atoms with Crippen LogP contribution in [-0.4, -0.2) is 19.0 Å². The van der Waals surface area contributed by atoms with Crippen LogP contribution in [0.3, 0.4) is 0 Å².